The minimum Gasteiger partial charge on any atom is -0.463 e. The molecule has 2 aromatic carbocycles. The molecule has 1 atom stereocenters. The van der Waals surface area contributed by atoms with E-state index in [2.05, 4.69) is 10.4 Å². The van der Waals surface area contributed by atoms with Gasteiger partial charge in [0.15, 0.2) is 5.76 Å². The molecule has 1 aliphatic rings. The van der Waals surface area contributed by atoms with Gasteiger partial charge in [0, 0.05) is 18.3 Å². The summed E-state index contributed by atoms with van der Waals surface area (Å²) in [4.78, 5) is 29.2. The van der Waals surface area contributed by atoms with E-state index in [1.165, 1.54) is 0 Å². The number of fused-ring (bicyclic) bond motifs is 1. The molecule has 1 aliphatic heterocycles. The first-order chi connectivity index (χ1) is 16.4. The van der Waals surface area contributed by atoms with E-state index in [9.17, 15) is 9.59 Å². The standard InChI is InChI=1S/C27H26N4O3/c1-18-8-6-10-20(14-18)16-28-26(33)27(3)17-30-23(15-21(29-30)24-12-7-13-34-24)25(32)31(27)22-11-5-4-9-19(22)2/h4-15H,16-17H2,1-3H3,(H,28,33)/t27-/m1/s1. The Bertz CT molecular complexity index is 1370. The number of aryl methyl sites for hydroxylation is 2. The number of carbonyl (C=O) groups excluding carboxylic acids is 2. The normalized spacial score (nSPS) is 17.5. The van der Waals surface area contributed by atoms with Crippen LogP contribution in [0.2, 0.25) is 0 Å². The van der Waals surface area contributed by atoms with Gasteiger partial charge >= 0.3 is 0 Å². The fourth-order valence-electron chi connectivity index (χ4n) is 4.51. The maximum Gasteiger partial charge on any atom is 0.277 e. The number of carbonyl (C=O) groups is 2. The second-order valence-electron chi connectivity index (χ2n) is 8.92. The Kier molecular flexibility index (Phi) is 5.32. The van der Waals surface area contributed by atoms with Crippen LogP contribution in [0.4, 0.5) is 5.69 Å². The van der Waals surface area contributed by atoms with Gasteiger partial charge in [-0.15, -0.1) is 0 Å². The van der Waals surface area contributed by atoms with Crippen molar-refractivity contribution in [1.82, 2.24) is 15.1 Å². The lowest BCUT2D eigenvalue weighted by Crippen LogP contribution is -2.64. The maximum atomic E-state index is 13.8. The van der Waals surface area contributed by atoms with Crippen LogP contribution in [-0.2, 0) is 17.9 Å². The van der Waals surface area contributed by atoms with Crippen molar-refractivity contribution >= 4 is 17.5 Å². The number of anilines is 1. The highest BCUT2D eigenvalue weighted by atomic mass is 16.3. The van der Waals surface area contributed by atoms with E-state index in [0.29, 0.717) is 29.4 Å². The molecule has 0 saturated carbocycles. The Morgan fingerprint density at radius 1 is 1.09 bits per heavy atom. The number of hydrogen-bond donors (Lipinski definition) is 1. The van der Waals surface area contributed by atoms with Gasteiger partial charge in [-0.05, 0) is 50.1 Å². The highest BCUT2D eigenvalue weighted by molar-refractivity contribution is 6.12. The summed E-state index contributed by atoms with van der Waals surface area (Å²) in [6.45, 7) is 6.33. The molecule has 2 aromatic heterocycles. The average Bonchev–Trinajstić information content (AvgIpc) is 3.49. The summed E-state index contributed by atoms with van der Waals surface area (Å²) in [5.74, 6) is 0.0492. The van der Waals surface area contributed by atoms with E-state index in [1.54, 1.807) is 41.0 Å². The largest absolute Gasteiger partial charge is 0.463 e. The van der Waals surface area contributed by atoms with Crippen LogP contribution in [0.5, 0.6) is 0 Å². The number of hydrogen-bond acceptors (Lipinski definition) is 4. The summed E-state index contributed by atoms with van der Waals surface area (Å²) in [5, 5.41) is 7.65. The zero-order valence-electron chi connectivity index (χ0n) is 19.4. The molecule has 7 nitrogen and oxygen atoms in total. The third kappa shape index (κ3) is 3.69. The van der Waals surface area contributed by atoms with Crippen LogP contribution < -0.4 is 10.2 Å². The molecular weight excluding hydrogens is 428 g/mol. The number of nitrogens with zero attached hydrogens (tertiary/aromatic N) is 3. The van der Waals surface area contributed by atoms with Gasteiger partial charge in [0.2, 0.25) is 5.91 Å². The van der Waals surface area contributed by atoms with Crippen molar-refractivity contribution in [2.24, 2.45) is 0 Å². The lowest BCUT2D eigenvalue weighted by Gasteiger charge is -2.43. The van der Waals surface area contributed by atoms with Crippen LogP contribution in [0.25, 0.3) is 11.5 Å². The highest BCUT2D eigenvalue weighted by Crippen LogP contribution is 2.35. The van der Waals surface area contributed by atoms with Crippen molar-refractivity contribution in [3.63, 3.8) is 0 Å². The van der Waals surface area contributed by atoms with Gasteiger partial charge in [0.05, 0.1) is 12.8 Å². The van der Waals surface area contributed by atoms with Gasteiger partial charge < -0.3 is 9.73 Å². The summed E-state index contributed by atoms with van der Waals surface area (Å²) >= 11 is 0. The second-order valence-corrected chi connectivity index (χ2v) is 8.92. The van der Waals surface area contributed by atoms with Crippen molar-refractivity contribution in [2.45, 2.75) is 39.4 Å². The van der Waals surface area contributed by atoms with Crippen LogP contribution in [-0.4, -0.2) is 27.1 Å². The summed E-state index contributed by atoms with van der Waals surface area (Å²) in [6, 6.07) is 20.9. The summed E-state index contributed by atoms with van der Waals surface area (Å²) in [6.07, 6.45) is 1.57. The number of para-hydroxylation sites is 1. The molecular formula is C27H26N4O3. The first-order valence-electron chi connectivity index (χ1n) is 11.2. The number of rotatable bonds is 5. The zero-order valence-corrected chi connectivity index (χ0v) is 19.4. The lowest BCUT2D eigenvalue weighted by atomic mass is 9.93. The Balaban J connectivity index is 1.55. The van der Waals surface area contributed by atoms with Crippen molar-refractivity contribution in [1.29, 1.82) is 0 Å². The molecule has 172 valence electrons. The Hall–Kier alpha value is -4.13. The van der Waals surface area contributed by atoms with Gasteiger partial charge in [-0.2, -0.15) is 5.10 Å². The van der Waals surface area contributed by atoms with Gasteiger partial charge in [-0.25, -0.2) is 0 Å². The van der Waals surface area contributed by atoms with Gasteiger partial charge in [-0.1, -0.05) is 48.0 Å². The number of nitrogens with one attached hydrogen (secondary N) is 1. The Morgan fingerprint density at radius 3 is 2.65 bits per heavy atom. The predicted molar refractivity (Wildman–Crippen MR) is 129 cm³/mol. The lowest BCUT2D eigenvalue weighted by molar-refractivity contribution is -0.126. The molecule has 0 radical (unpaired) electrons. The molecule has 0 unspecified atom stereocenters. The molecule has 4 aromatic rings. The average molecular weight is 455 g/mol. The zero-order chi connectivity index (χ0) is 23.9. The first-order valence-corrected chi connectivity index (χ1v) is 11.2. The van der Waals surface area contributed by atoms with E-state index < -0.39 is 5.54 Å². The van der Waals surface area contributed by atoms with Gasteiger partial charge in [0.1, 0.15) is 16.9 Å². The molecule has 3 heterocycles. The molecule has 0 spiro atoms. The van der Waals surface area contributed by atoms with Crippen molar-refractivity contribution in [2.75, 3.05) is 4.90 Å². The quantitative estimate of drug-likeness (QED) is 0.482. The number of amides is 2. The van der Waals surface area contributed by atoms with Crippen molar-refractivity contribution in [3.05, 3.63) is 95.4 Å². The third-order valence-electron chi connectivity index (χ3n) is 6.31. The molecule has 1 N–H and O–H groups in total. The Morgan fingerprint density at radius 2 is 1.91 bits per heavy atom. The van der Waals surface area contributed by atoms with Crippen LogP contribution >= 0.6 is 0 Å². The van der Waals surface area contributed by atoms with Crippen molar-refractivity contribution < 1.29 is 14.0 Å². The summed E-state index contributed by atoms with van der Waals surface area (Å²) < 4.78 is 7.09. The SMILES string of the molecule is Cc1cccc(CNC(=O)[C@@]2(C)Cn3nc(-c4ccco4)cc3C(=O)N2c2ccccc2C)c1. The van der Waals surface area contributed by atoms with Gasteiger partial charge in [-0.3, -0.25) is 19.2 Å². The van der Waals surface area contributed by atoms with E-state index in [0.717, 1.165) is 16.7 Å². The minimum absolute atomic E-state index is 0.211. The molecule has 34 heavy (non-hydrogen) atoms. The topological polar surface area (TPSA) is 80.4 Å². The van der Waals surface area contributed by atoms with E-state index in [-0.39, 0.29) is 18.4 Å². The van der Waals surface area contributed by atoms with E-state index >= 15 is 0 Å². The number of benzene rings is 2. The van der Waals surface area contributed by atoms with Crippen molar-refractivity contribution in [3.8, 4) is 11.5 Å². The number of furan rings is 1. The predicted octanol–water partition coefficient (Wildman–Crippen LogP) is 4.50. The molecule has 5 rings (SSSR count). The fraction of sp³-hybridized carbons (Fsp3) is 0.222. The minimum atomic E-state index is -1.19. The van der Waals surface area contributed by atoms with E-state index in [1.807, 2.05) is 62.4 Å². The second kappa shape index (κ2) is 8.33. The molecule has 0 fully saturated rings. The third-order valence-corrected chi connectivity index (χ3v) is 6.31. The Labute approximate surface area is 198 Å². The molecule has 0 bridgehead atoms. The molecule has 2 amide bonds. The summed E-state index contributed by atoms with van der Waals surface area (Å²) in [7, 11) is 0. The van der Waals surface area contributed by atoms with Crippen LogP contribution in [0.3, 0.4) is 0 Å². The first kappa shape index (κ1) is 21.7. The highest BCUT2D eigenvalue weighted by Gasteiger charge is 2.49. The molecule has 0 aliphatic carbocycles. The number of aromatic nitrogens is 2. The monoisotopic (exact) mass is 454 g/mol. The maximum absolute atomic E-state index is 13.8. The smallest absolute Gasteiger partial charge is 0.277 e. The van der Waals surface area contributed by atoms with E-state index in [4.69, 9.17) is 4.42 Å². The van der Waals surface area contributed by atoms with Crippen LogP contribution in [0.1, 0.15) is 34.1 Å². The summed E-state index contributed by atoms with van der Waals surface area (Å²) in [5.41, 5.74) is 3.52. The van der Waals surface area contributed by atoms with Crippen LogP contribution in [0.15, 0.2) is 77.4 Å². The molecule has 0 saturated heterocycles. The molecule has 7 heteroatoms. The van der Waals surface area contributed by atoms with Gasteiger partial charge in [0.25, 0.3) is 5.91 Å². The fourth-order valence-corrected chi connectivity index (χ4v) is 4.51. The van der Waals surface area contributed by atoms with Crippen LogP contribution in [0, 0.1) is 13.8 Å².